The normalized spacial score (nSPS) is 10.4. The second-order valence-electron chi connectivity index (χ2n) is 4.78. The predicted molar refractivity (Wildman–Crippen MR) is 82.1 cm³/mol. The summed E-state index contributed by atoms with van der Waals surface area (Å²) in [6.45, 7) is 1.56. The summed E-state index contributed by atoms with van der Waals surface area (Å²) in [5.41, 5.74) is 0.750. The minimum atomic E-state index is -0.143. The highest BCUT2D eigenvalue weighted by atomic mass is 16.5. The minimum Gasteiger partial charge on any atom is -0.385 e. The molecule has 116 valence electrons. The molecule has 1 aromatic rings. The van der Waals surface area contributed by atoms with Crippen molar-refractivity contribution >= 4 is 17.5 Å². The van der Waals surface area contributed by atoms with E-state index in [1.54, 1.807) is 19.1 Å². The molecule has 0 radical (unpaired) electrons. The number of likely N-dealkylation sites (N-methyl/N-ethyl adjacent to an activating group) is 1. The van der Waals surface area contributed by atoms with Gasteiger partial charge in [0.1, 0.15) is 0 Å². The maximum absolute atomic E-state index is 11.8. The van der Waals surface area contributed by atoms with E-state index in [4.69, 9.17) is 4.74 Å². The summed E-state index contributed by atoms with van der Waals surface area (Å²) in [5.74, 6) is -0.239. The van der Waals surface area contributed by atoms with Crippen molar-refractivity contribution in [1.29, 1.82) is 0 Å². The van der Waals surface area contributed by atoms with Crippen molar-refractivity contribution in [2.75, 3.05) is 45.7 Å². The van der Waals surface area contributed by atoms with Gasteiger partial charge in [0.25, 0.3) is 0 Å². The summed E-state index contributed by atoms with van der Waals surface area (Å²) < 4.78 is 4.90. The number of benzene rings is 1. The number of ether oxygens (including phenoxy) is 1. The number of methoxy groups -OCH3 is 1. The number of rotatable bonds is 9. The summed E-state index contributed by atoms with van der Waals surface area (Å²) in [5, 5.41) is 5.56. The number of hydrogen-bond donors (Lipinski definition) is 2. The molecule has 0 aliphatic heterocycles. The number of amides is 2. The highest BCUT2D eigenvalue weighted by Gasteiger charge is 2.10. The van der Waals surface area contributed by atoms with Crippen LogP contribution in [0, 0.1) is 0 Å². The zero-order valence-corrected chi connectivity index (χ0v) is 12.6. The summed E-state index contributed by atoms with van der Waals surface area (Å²) in [6.07, 6.45) is 0.778. The molecule has 0 aliphatic carbocycles. The lowest BCUT2D eigenvalue weighted by molar-refractivity contribution is -0.123. The van der Waals surface area contributed by atoms with E-state index in [0.29, 0.717) is 13.2 Å². The van der Waals surface area contributed by atoms with Gasteiger partial charge >= 0.3 is 0 Å². The van der Waals surface area contributed by atoms with Gasteiger partial charge in [0.15, 0.2) is 0 Å². The quantitative estimate of drug-likeness (QED) is 0.658. The molecule has 0 heterocycles. The lowest BCUT2D eigenvalue weighted by Gasteiger charge is -2.16. The van der Waals surface area contributed by atoms with Crippen molar-refractivity contribution in [3.63, 3.8) is 0 Å². The van der Waals surface area contributed by atoms with Gasteiger partial charge in [-0.05, 0) is 25.6 Å². The molecule has 0 unspecified atom stereocenters. The zero-order valence-electron chi connectivity index (χ0n) is 12.6. The van der Waals surface area contributed by atoms with Gasteiger partial charge in [-0.2, -0.15) is 0 Å². The SMILES string of the molecule is COCCCNC(=O)CN(C)CC(=O)Nc1ccccc1. The van der Waals surface area contributed by atoms with E-state index in [1.165, 1.54) is 0 Å². The monoisotopic (exact) mass is 293 g/mol. The Hall–Kier alpha value is -1.92. The van der Waals surface area contributed by atoms with E-state index < -0.39 is 0 Å². The Labute approximate surface area is 125 Å². The smallest absolute Gasteiger partial charge is 0.238 e. The van der Waals surface area contributed by atoms with Gasteiger partial charge in [0, 0.05) is 25.9 Å². The maximum atomic E-state index is 11.8. The van der Waals surface area contributed by atoms with Crippen molar-refractivity contribution in [3.8, 4) is 0 Å². The topological polar surface area (TPSA) is 70.7 Å². The van der Waals surface area contributed by atoms with Crippen LogP contribution in [0.1, 0.15) is 6.42 Å². The predicted octanol–water partition coefficient (Wildman–Crippen LogP) is 0.710. The van der Waals surface area contributed by atoms with Gasteiger partial charge in [0.05, 0.1) is 13.1 Å². The van der Waals surface area contributed by atoms with E-state index in [-0.39, 0.29) is 24.9 Å². The zero-order chi connectivity index (χ0) is 15.5. The van der Waals surface area contributed by atoms with Crippen molar-refractivity contribution < 1.29 is 14.3 Å². The second kappa shape index (κ2) is 9.90. The standard InChI is InChI=1S/C15H23N3O3/c1-18(11-14(19)16-9-6-10-21-2)12-15(20)17-13-7-4-3-5-8-13/h3-5,7-8H,6,9-12H2,1-2H3,(H,16,19)(H,17,20). The van der Waals surface area contributed by atoms with Gasteiger partial charge in [-0.1, -0.05) is 18.2 Å². The van der Waals surface area contributed by atoms with E-state index in [9.17, 15) is 9.59 Å². The Balaban J connectivity index is 2.21. The van der Waals surface area contributed by atoms with Gasteiger partial charge < -0.3 is 15.4 Å². The molecule has 2 N–H and O–H groups in total. The molecular formula is C15H23N3O3. The third-order valence-electron chi connectivity index (χ3n) is 2.73. The van der Waals surface area contributed by atoms with E-state index in [0.717, 1.165) is 12.1 Å². The molecule has 1 aromatic carbocycles. The van der Waals surface area contributed by atoms with Crippen molar-refractivity contribution in [2.45, 2.75) is 6.42 Å². The van der Waals surface area contributed by atoms with Crippen LogP contribution >= 0.6 is 0 Å². The highest BCUT2D eigenvalue weighted by Crippen LogP contribution is 2.04. The highest BCUT2D eigenvalue weighted by molar-refractivity contribution is 5.92. The van der Waals surface area contributed by atoms with Crippen molar-refractivity contribution in [2.24, 2.45) is 0 Å². The van der Waals surface area contributed by atoms with Gasteiger partial charge in [-0.3, -0.25) is 14.5 Å². The second-order valence-corrected chi connectivity index (χ2v) is 4.78. The van der Waals surface area contributed by atoms with Gasteiger partial charge in [-0.15, -0.1) is 0 Å². The number of anilines is 1. The Morgan fingerprint density at radius 1 is 1.14 bits per heavy atom. The fraction of sp³-hybridized carbons (Fsp3) is 0.467. The number of carbonyl (C=O) groups excluding carboxylic acids is 2. The molecule has 0 aromatic heterocycles. The first kappa shape index (κ1) is 17.1. The molecular weight excluding hydrogens is 270 g/mol. The first-order valence-electron chi connectivity index (χ1n) is 6.91. The van der Waals surface area contributed by atoms with E-state index in [2.05, 4.69) is 10.6 Å². The Bertz CT molecular complexity index is 437. The summed E-state index contributed by atoms with van der Waals surface area (Å²) in [7, 11) is 3.36. The van der Waals surface area contributed by atoms with Crippen LogP contribution in [-0.4, -0.2) is 57.1 Å². The average molecular weight is 293 g/mol. The summed E-state index contributed by atoms with van der Waals surface area (Å²) in [6, 6.07) is 9.23. The maximum Gasteiger partial charge on any atom is 0.238 e. The van der Waals surface area contributed by atoms with Crippen molar-refractivity contribution in [1.82, 2.24) is 10.2 Å². The van der Waals surface area contributed by atoms with Crippen LogP contribution in [0.3, 0.4) is 0 Å². The molecule has 6 heteroatoms. The van der Waals surface area contributed by atoms with Crippen LogP contribution in [0.5, 0.6) is 0 Å². The third kappa shape index (κ3) is 8.06. The molecule has 2 amide bonds. The number of carbonyl (C=O) groups is 2. The molecule has 0 atom stereocenters. The lowest BCUT2D eigenvalue weighted by Crippen LogP contribution is -2.39. The molecule has 6 nitrogen and oxygen atoms in total. The van der Waals surface area contributed by atoms with Crippen LogP contribution in [0.4, 0.5) is 5.69 Å². The molecule has 0 bridgehead atoms. The van der Waals surface area contributed by atoms with Crippen LogP contribution < -0.4 is 10.6 Å². The first-order chi connectivity index (χ1) is 10.1. The molecule has 0 aliphatic rings. The van der Waals surface area contributed by atoms with Crippen molar-refractivity contribution in [3.05, 3.63) is 30.3 Å². The third-order valence-corrected chi connectivity index (χ3v) is 2.73. The minimum absolute atomic E-state index is 0.0962. The summed E-state index contributed by atoms with van der Waals surface area (Å²) in [4.78, 5) is 25.1. The van der Waals surface area contributed by atoms with E-state index >= 15 is 0 Å². The first-order valence-corrected chi connectivity index (χ1v) is 6.91. The number of para-hydroxylation sites is 1. The van der Waals surface area contributed by atoms with E-state index in [1.807, 2.05) is 30.3 Å². The number of hydrogen-bond acceptors (Lipinski definition) is 4. The summed E-state index contributed by atoms with van der Waals surface area (Å²) >= 11 is 0. The Morgan fingerprint density at radius 2 is 1.81 bits per heavy atom. The van der Waals surface area contributed by atoms with Crippen LogP contribution in [0.2, 0.25) is 0 Å². The van der Waals surface area contributed by atoms with Gasteiger partial charge in [0.2, 0.25) is 11.8 Å². The van der Waals surface area contributed by atoms with Crippen LogP contribution in [0.25, 0.3) is 0 Å². The fourth-order valence-corrected chi connectivity index (χ4v) is 1.77. The lowest BCUT2D eigenvalue weighted by atomic mass is 10.3. The molecule has 0 fully saturated rings. The number of nitrogens with one attached hydrogen (secondary N) is 2. The van der Waals surface area contributed by atoms with Gasteiger partial charge in [-0.25, -0.2) is 0 Å². The number of nitrogens with zero attached hydrogens (tertiary/aromatic N) is 1. The molecule has 0 saturated heterocycles. The Morgan fingerprint density at radius 3 is 2.48 bits per heavy atom. The molecule has 0 spiro atoms. The Kier molecular flexibility index (Phi) is 8.08. The largest absolute Gasteiger partial charge is 0.385 e. The van der Waals surface area contributed by atoms with Crippen LogP contribution in [-0.2, 0) is 14.3 Å². The van der Waals surface area contributed by atoms with Crippen LogP contribution in [0.15, 0.2) is 30.3 Å². The molecule has 21 heavy (non-hydrogen) atoms. The average Bonchev–Trinajstić information content (AvgIpc) is 2.44. The molecule has 0 saturated carbocycles. The fourth-order valence-electron chi connectivity index (χ4n) is 1.77. The molecule has 1 rings (SSSR count).